The van der Waals surface area contributed by atoms with E-state index in [0.717, 1.165) is 0 Å². The molecule has 0 radical (unpaired) electrons. The van der Waals surface area contributed by atoms with E-state index in [9.17, 15) is 14.7 Å². The molecule has 1 aliphatic rings. The molecule has 8 nitrogen and oxygen atoms in total. The SMILES string of the molecule is CC(C)(C)OC(=O)N1CCC(NC(=O)C(CCO)Oc2ccc(Br)nc2)CC1. The molecule has 1 aromatic rings. The zero-order valence-electron chi connectivity index (χ0n) is 16.5. The molecule has 0 spiro atoms. The van der Waals surface area contributed by atoms with Gasteiger partial charge in [-0.3, -0.25) is 4.79 Å². The number of likely N-dealkylation sites (tertiary alicyclic amines) is 1. The van der Waals surface area contributed by atoms with E-state index < -0.39 is 11.7 Å². The maximum Gasteiger partial charge on any atom is 0.410 e. The highest BCUT2D eigenvalue weighted by molar-refractivity contribution is 9.10. The van der Waals surface area contributed by atoms with Gasteiger partial charge in [-0.05, 0) is 61.7 Å². The molecule has 1 aliphatic heterocycles. The molecule has 2 amide bonds. The van der Waals surface area contributed by atoms with Gasteiger partial charge in [-0.15, -0.1) is 0 Å². The monoisotopic (exact) mass is 457 g/mol. The van der Waals surface area contributed by atoms with Gasteiger partial charge in [0.25, 0.3) is 5.91 Å². The Bertz CT molecular complexity index is 655. The van der Waals surface area contributed by atoms with Gasteiger partial charge in [0.05, 0.1) is 6.20 Å². The Morgan fingerprint density at radius 1 is 1.36 bits per heavy atom. The number of pyridine rings is 1. The topological polar surface area (TPSA) is 101 Å². The summed E-state index contributed by atoms with van der Waals surface area (Å²) in [6.45, 7) is 6.36. The van der Waals surface area contributed by atoms with Gasteiger partial charge in [-0.1, -0.05) is 0 Å². The van der Waals surface area contributed by atoms with E-state index in [-0.39, 0.29) is 31.1 Å². The Balaban J connectivity index is 1.85. The first kappa shape index (κ1) is 22.4. The van der Waals surface area contributed by atoms with E-state index >= 15 is 0 Å². The number of halogens is 1. The minimum atomic E-state index is -0.808. The minimum Gasteiger partial charge on any atom is -0.479 e. The molecule has 0 saturated carbocycles. The van der Waals surface area contributed by atoms with Crippen LogP contribution in [0, 0.1) is 0 Å². The van der Waals surface area contributed by atoms with Gasteiger partial charge in [-0.2, -0.15) is 0 Å². The zero-order chi connectivity index (χ0) is 20.7. The largest absolute Gasteiger partial charge is 0.479 e. The average Bonchev–Trinajstić information content (AvgIpc) is 2.62. The Hall–Kier alpha value is -1.87. The molecule has 0 aromatic carbocycles. The molecule has 1 unspecified atom stereocenters. The lowest BCUT2D eigenvalue weighted by molar-refractivity contribution is -0.129. The lowest BCUT2D eigenvalue weighted by Crippen LogP contribution is -2.50. The molecule has 2 rings (SSSR count). The fourth-order valence-corrected chi connectivity index (χ4v) is 3.02. The summed E-state index contributed by atoms with van der Waals surface area (Å²) in [7, 11) is 0. The molecule has 1 atom stereocenters. The van der Waals surface area contributed by atoms with Crippen molar-refractivity contribution in [2.75, 3.05) is 19.7 Å². The van der Waals surface area contributed by atoms with E-state index in [1.165, 1.54) is 6.20 Å². The summed E-state index contributed by atoms with van der Waals surface area (Å²) >= 11 is 3.25. The van der Waals surface area contributed by atoms with Crippen molar-refractivity contribution in [1.82, 2.24) is 15.2 Å². The number of amides is 2. The predicted octanol–water partition coefficient (Wildman–Crippen LogP) is 2.49. The fourth-order valence-electron chi connectivity index (χ4n) is 2.78. The van der Waals surface area contributed by atoms with Gasteiger partial charge in [0.2, 0.25) is 0 Å². The van der Waals surface area contributed by atoms with Gasteiger partial charge < -0.3 is 24.8 Å². The third kappa shape index (κ3) is 7.27. The molecule has 0 bridgehead atoms. The van der Waals surface area contributed by atoms with Crippen molar-refractivity contribution in [3.05, 3.63) is 22.9 Å². The number of rotatable bonds is 6. The number of carbonyl (C=O) groups is 2. The Morgan fingerprint density at radius 2 is 2.04 bits per heavy atom. The summed E-state index contributed by atoms with van der Waals surface area (Å²) in [5, 5.41) is 12.2. The third-order valence-corrected chi connectivity index (χ3v) is 4.62. The van der Waals surface area contributed by atoms with Crippen molar-refractivity contribution >= 4 is 27.9 Å². The molecule has 1 fully saturated rings. The number of aromatic nitrogens is 1. The van der Waals surface area contributed by atoms with Crippen LogP contribution in [0.1, 0.15) is 40.0 Å². The highest BCUT2D eigenvalue weighted by Gasteiger charge is 2.29. The van der Waals surface area contributed by atoms with E-state index in [2.05, 4.69) is 26.2 Å². The quantitative estimate of drug-likeness (QED) is 0.636. The van der Waals surface area contributed by atoms with E-state index in [0.29, 0.717) is 36.3 Å². The summed E-state index contributed by atoms with van der Waals surface area (Å²) in [6, 6.07) is 3.36. The number of piperidine rings is 1. The Morgan fingerprint density at radius 3 is 2.57 bits per heavy atom. The van der Waals surface area contributed by atoms with E-state index in [1.54, 1.807) is 17.0 Å². The lowest BCUT2D eigenvalue weighted by Gasteiger charge is -2.34. The third-order valence-electron chi connectivity index (χ3n) is 4.16. The molecular formula is C19H28BrN3O5. The van der Waals surface area contributed by atoms with Crippen molar-refractivity contribution < 1.29 is 24.2 Å². The minimum absolute atomic E-state index is 0.0565. The number of hydrogen-bond donors (Lipinski definition) is 2. The predicted molar refractivity (Wildman–Crippen MR) is 107 cm³/mol. The van der Waals surface area contributed by atoms with Gasteiger partial charge in [0.1, 0.15) is 16.0 Å². The van der Waals surface area contributed by atoms with Crippen LogP contribution in [0.2, 0.25) is 0 Å². The van der Waals surface area contributed by atoms with Crippen molar-refractivity contribution in [2.24, 2.45) is 0 Å². The van der Waals surface area contributed by atoms with Crippen molar-refractivity contribution in [3.8, 4) is 5.75 Å². The highest BCUT2D eigenvalue weighted by Crippen LogP contribution is 2.18. The lowest BCUT2D eigenvalue weighted by atomic mass is 10.0. The second-order valence-corrected chi connectivity index (χ2v) is 8.50. The van der Waals surface area contributed by atoms with Crippen molar-refractivity contribution in [3.63, 3.8) is 0 Å². The first-order valence-corrected chi connectivity index (χ1v) is 10.1. The number of ether oxygens (including phenoxy) is 2. The first-order valence-electron chi connectivity index (χ1n) is 9.35. The number of nitrogens with one attached hydrogen (secondary N) is 1. The summed E-state index contributed by atoms with van der Waals surface area (Å²) in [5.41, 5.74) is -0.529. The van der Waals surface area contributed by atoms with Crippen LogP contribution in [0.4, 0.5) is 4.79 Å². The number of nitrogens with zero attached hydrogens (tertiary/aromatic N) is 2. The fraction of sp³-hybridized carbons (Fsp3) is 0.632. The number of aliphatic hydroxyl groups is 1. The van der Waals surface area contributed by atoms with Crippen LogP contribution in [-0.4, -0.2) is 64.4 Å². The maximum atomic E-state index is 12.6. The summed E-state index contributed by atoms with van der Waals surface area (Å²) in [6.07, 6.45) is 1.82. The van der Waals surface area contributed by atoms with Gasteiger partial charge in [-0.25, -0.2) is 9.78 Å². The van der Waals surface area contributed by atoms with Gasteiger partial charge >= 0.3 is 6.09 Å². The van der Waals surface area contributed by atoms with Crippen LogP contribution >= 0.6 is 15.9 Å². The molecule has 156 valence electrons. The molecule has 28 heavy (non-hydrogen) atoms. The second-order valence-electron chi connectivity index (χ2n) is 7.69. The van der Waals surface area contributed by atoms with E-state index in [1.807, 2.05) is 20.8 Å². The van der Waals surface area contributed by atoms with Crippen LogP contribution in [0.5, 0.6) is 5.75 Å². The molecule has 0 aliphatic carbocycles. The standard InChI is InChI=1S/C19H28BrN3O5/c1-19(2,3)28-18(26)23-9-6-13(7-10-23)22-17(25)15(8-11-24)27-14-4-5-16(20)21-12-14/h4-5,12-13,15,24H,6-11H2,1-3H3,(H,22,25). The van der Waals surface area contributed by atoms with Crippen LogP contribution < -0.4 is 10.1 Å². The highest BCUT2D eigenvalue weighted by atomic mass is 79.9. The molecule has 1 aromatic heterocycles. The number of hydrogen-bond acceptors (Lipinski definition) is 6. The molecule has 2 heterocycles. The molecule has 2 N–H and O–H groups in total. The Labute approximate surface area is 173 Å². The molecular weight excluding hydrogens is 430 g/mol. The van der Waals surface area contributed by atoms with Crippen molar-refractivity contribution in [2.45, 2.75) is 57.8 Å². The number of aliphatic hydroxyl groups excluding tert-OH is 1. The van der Waals surface area contributed by atoms with Gasteiger partial charge in [0, 0.05) is 32.2 Å². The Kier molecular flexibility index (Phi) is 8.06. The maximum absolute atomic E-state index is 12.6. The second kappa shape index (κ2) is 10.1. The van der Waals surface area contributed by atoms with Crippen LogP contribution in [0.3, 0.4) is 0 Å². The smallest absolute Gasteiger partial charge is 0.410 e. The summed E-state index contributed by atoms with van der Waals surface area (Å²) < 4.78 is 11.7. The summed E-state index contributed by atoms with van der Waals surface area (Å²) in [4.78, 5) is 30.4. The molecule has 9 heteroatoms. The van der Waals surface area contributed by atoms with Crippen LogP contribution in [-0.2, 0) is 9.53 Å². The first-order chi connectivity index (χ1) is 13.2. The van der Waals surface area contributed by atoms with Crippen molar-refractivity contribution in [1.29, 1.82) is 0 Å². The zero-order valence-corrected chi connectivity index (χ0v) is 18.1. The average molecular weight is 458 g/mol. The number of carbonyl (C=O) groups excluding carboxylic acids is 2. The summed E-state index contributed by atoms with van der Waals surface area (Å²) in [5.74, 6) is 0.171. The van der Waals surface area contributed by atoms with Crippen LogP contribution in [0.25, 0.3) is 0 Å². The van der Waals surface area contributed by atoms with Crippen LogP contribution in [0.15, 0.2) is 22.9 Å². The molecule has 1 saturated heterocycles. The van der Waals surface area contributed by atoms with Gasteiger partial charge in [0.15, 0.2) is 6.10 Å². The van der Waals surface area contributed by atoms with E-state index in [4.69, 9.17) is 9.47 Å². The normalized spacial score (nSPS) is 16.4.